The highest BCUT2D eigenvalue weighted by atomic mass is 32.2. The molecule has 12 atom stereocenters. The van der Waals surface area contributed by atoms with Crippen LogP contribution < -0.4 is 65.5 Å². The number of likely N-dealkylation sites (tertiary alicyclic amines) is 1. The number of carbonyl (C=O) groups is 10. The van der Waals surface area contributed by atoms with E-state index in [4.69, 9.17) is 22.9 Å². The van der Waals surface area contributed by atoms with Crippen molar-refractivity contribution in [2.24, 2.45) is 51.6 Å². The Morgan fingerprint density at radius 3 is 1.55 bits per heavy atom. The number of nitrogens with two attached hydrogens (primary N) is 4. The number of thioether (sulfide) groups is 1. The van der Waals surface area contributed by atoms with Crippen LogP contribution in [0.25, 0.3) is 0 Å². The van der Waals surface area contributed by atoms with Crippen LogP contribution in [0.4, 0.5) is 0 Å². The molecule has 1 heterocycles. The van der Waals surface area contributed by atoms with Crippen LogP contribution in [0.15, 0.2) is 4.99 Å². The van der Waals surface area contributed by atoms with Gasteiger partial charge in [-0.15, -0.1) is 0 Å². The lowest BCUT2D eigenvalue weighted by molar-refractivity contribution is -0.143. The van der Waals surface area contributed by atoms with Gasteiger partial charge in [0.1, 0.15) is 60.4 Å². The fourth-order valence-corrected chi connectivity index (χ4v) is 9.20. The molecule has 0 aromatic heterocycles. The van der Waals surface area contributed by atoms with Gasteiger partial charge in [-0.2, -0.15) is 11.8 Å². The molecule has 0 aromatic rings. The van der Waals surface area contributed by atoms with Crippen LogP contribution in [0, 0.1) is 23.7 Å². The van der Waals surface area contributed by atoms with Crippen LogP contribution in [0.3, 0.4) is 0 Å². The summed E-state index contributed by atoms with van der Waals surface area (Å²) in [6, 6.07) is -12.6. The molecule has 0 aliphatic carbocycles. The molecule has 0 spiro atoms. The normalized spacial score (nSPS) is 17.4. The van der Waals surface area contributed by atoms with Gasteiger partial charge in [0.25, 0.3) is 0 Å². The van der Waals surface area contributed by atoms with Gasteiger partial charge < -0.3 is 85.7 Å². The van der Waals surface area contributed by atoms with Crippen LogP contribution in [0.2, 0.25) is 0 Å². The third kappa shape index (κ3) is 25.3. The molecule has 0 radical (unpaired) electrons. The number of hydrogen-bond donors (Lipinski definition) is 15. The molecule has 0 unspecified atom stereocenters. The summed E-state index contributed by atoms with van der Waals surface area (Å²) in [7, 11) is 0. The fraction of sp³-hybridized carbons (Fsp3) is 0.788. The quantitative estimate of drug-likeness (QED) is 0.0170. The molecule has 27 nitrogen and oxygen atoms in total. The van der Waals surface area contributed by atoms with E-state index in [1.807, 2.05) is 13.8 Å². The lowest BCUT2D eigenvalue weighted by atomic mass is 9.96. The Kier molecular flexibility index (Phi) is 34.3. The second kappa shape index (κ2) is 38.0. The highest BCUT2D eigenvalue weighted by Gasteiger charge is 2.41. The molecule has 28 heteroatoms. The van der Waals surface area contributed by atoms with Crippen molar-refractivity contribution in [3.8, 4) is 0 Å². The Morgan fingerprint density at radius 1 is 0.600 bits per heavy atom. The number of aliphatic hydroxyl groups excluding tert-OH is 2. The molecule has 19 N–H and O–H groups in total. The van der Waals surface area contributed by atoms with Crippen LogP contribution in [0.5, 0.6) is 0 Å². The summed E-state index contributed by atoms with van der Waals surface area (Å²) in [4.78, 5) is 142. The van der Waals surface area contributed by atoms with Crippen molar-refractivity contribution < 1.29 is 63.3 Å². The molecule has 80 heavy (non-hydrogen) atoms. The number of nitrogens with one attached hydrogen (secondary N) is 8. The van der Waals surface area contributed by atoms with E-state index in [1.54, 1.807) is 47.8 Å². The first kappa shape index (κ1) is 72.2. The van der Waals surface area contributed by atoms with E-state index >= 15 is 0 Å². The second-order valence-corrected chi connectivity index (χ2v) is 22.4. The molecule has 0 saturated carbocycles. The lowest BCUT2D eigenvalue weighted by Crippen LogP contribution is -2.61. The summed E-state index contributed by atoms with van der Waals surface area (Å²) in [5, 5.41) is 50.3. The van der Waals surface area contributed by atoms with Crippen molar-refractivity contribution in [1.29, 1.82) is 0 Å². The minimum absolute atomic E-state index is 0.00433. The lowest BCUT2D eigenvalue weighted by Gasteiger charge is -2.32. The fourth-order valence-electron chi connectivity index (χ4n) is 8.73. The number of aliphatic carboxylic acids is 1. The predicted molar refractivity (Wildman–Crippen MR) is 304 cm³/mol. The van der Waals surface area contributed by atoms with Crippen molar-refractivity contribution in [3.63, 3.8) is 0 Å². The number of carboxylic acid groups (broad SMARTS) is 1. The summed E-state index contributed by atoms with van der Waals surface area (Å²) >= 11 is 1.37. The average Bonchev–Trinajstić information content (AvgIpc) is 3.92. The summed E-state index contributed by atoms with van der Waals surface area (Å²) in [6.45, 7) is 13.2. The van der Waals surface area contributed by atoms with Gasteiger partial charge >= 0.3 is 5.97 Å². The minimum Gasteiger partial charge on any atom is -0.480 e. The number of unbranched alkanes of at least 4 members (excludes halogenated alkanes) is 1. The monoisotopic (exact) mass is 1160 g/mol. The SMILES string of the molecule is CC[C@H](C)[C@H](NC(=O)[C@H](CCCCN)NC(=O)[C@@H]1CCCN1C(=O)[C@H](CCCN=C(N)N)NC(=O)[C@@H](NC(=O)[C@H](CC(C)C)NC(=O)[C@@H](N)CO)[C@@H](C)CC)C(=O)N[C@@H](CC(C)C)C(=O)N[C@@H](CO)C(=O)N[C@@H](CCSC)C(=O)O. The third-order valence-corrected chi connectivity index (χ3v) is 14.5. The Balaban J connectivity index is 3.54. The number of guanidine groups is 1. The van der Waals surface area contributed by atoms with Gasteiger partial charge in [0.15, 0.2) is 5.96 Å². The molecular formula is C52H96N14O13S. The molecule has 0 bridgehead atoms. The number of amides is 9. The number of carbonyl (C=O) groups excluding carboxylic acids is 9. The van der Waals surface area contributed by atoms with Crippen molar-refractivity contribution in [3.05, 3.63) is 0 Å². The molecule has 1 saturated heterocycles. The summed E-state index contributed by atoms with van der Waals surface area (Å²) in [6.07, 6.45) is 4.59. The van der Waals surface area contributed by atoms with Gasteiger partial charge in [0, 0.05) is 13.1 Å². The van der Waals surface area contributed by atoms with E-state index in [0.29, 0.717) is 37.9 Å². The van der Waals surface area contributed by atoms with E-state index in [-0.39, 0.29) is 82.4 Å². The van der Waals surface area contributed by atoms with E-state index in [9.17, 15) is 63.3 Å². The number of hydrogen-bond acceptors (Lipinski definition) is 16. The van der Waals surface area contributed by atoms with E-state index in [0.717, 1.165) is 0 Å². The average molecular weight is 1160 g/mol. The van der Waals surface area contributed by atoms with Crippen molar-refractivity contribution in [2.45, 2.75) is 193 Å². The number of nitrogens with zero attached hydrogens (tertiary/aromatic N) is 2. The van der Waals surface area contributed by atoms with Crippen LogP contribution in [0.1, 0.15) is 132 Å². The Labute approximate surface area is 475 Å². The standard InChI is InChI=1S/C52H96N14O13S/c1-10-30(7)40(65-45(72)37(25-29(5)6)61-42(69)32(54)26-67)48(75)59-34(17-14-21-57-52(55)56)50(77)66-22-15-18-39(66)47(74)58-33(16-12-13-20-53)43(70)64-41(31(8)11-2)49(76)62-36(24-28(3)4)44(71)63-38(27-68)46(73)60-35(51(78)79)19-23-80-9/h28-41,67-68H,10-27,53-54H2,1-9H3,(H,58,74)(H,59,75)(H,60,73)(H,61,69)(H,62,76)(H,63,71)(H,64,70)(H,65,72)(H,78,79)(H4,55,56,57)/t30-,31-,32-,33-,34-,35-,36-,37-,38-,39-,40-,41-/m0/s1. The van der Waals surface area contributed by atoms with Crippen molar-refractivity contribution in [1.82, 2.24) is 47.4 Å². The third-order valence-electron chi connectivity index (χ3n) is 13.8. The summed E-state index contributed by atoms with van der Waals surface area (Å²) in [5.41, 5.74) is 22.6. The minimum atomic E-state index is -1.56. The predicted octanol–water partition coefficient (Wildman–Crippen LogP) is -2.63. The van der Waals surface area contributed by atoms with Gasteiger partial charge in [-0.25, -0.2) is 4.79 Å². The molecule has 1 aliphatic heterocycles. The highest BCUT2D eigenvalue weighted by Crippen LogP contribution is 2.22. The highest BCUT2D eigenvalue weighted by molar-refractivity contribution is 7.98. The first-order chi connectivity index (χ1) is 37.7. The topological polar surface area (TPSA) is 447 Å². The van der Waals surface area contributed by atoms with E-state index in [2.05, 4.69) is 47.5 Å². The van der Waals surface area contributed by atoms with Crippen molar-refractivity contribution >= 4 is 76.9 Å². The van der Waals surface area contributed by atoms with E-state index < -0.39 is 145 Å². The Hall–Kier alpha value is -5.84. The summed E-state index contributed by atoms with van der Waals surface area (Å²) < 4.78 is 0. The van der Waals surface area contributed by atoms with Gasteiger partial charge in [-0.3, -0.25) is 48.1 Å². The molecule has 0 aromatic carbocycles. The first-order valence-corrected chi connectivity index (χ1v) is 29.3. The molecular weight excluding hydrogens is 1060 g/mol. The first-order valence-electron chi connectivity index (χ1n) is 27.9. The smallest absolute Gasteiger partial charge is 0.326 e. The maximum absolute atomic E-state index is 14.7. The summed E-state index contributed by atoms with van der Waals surface area (Å²) in [5.74, 6) is -9.10. The van der Waals surface area contributed by atoms with Gasteiger partial charge in [-0.1, -0.05) is 68.2 Å². The Morgan fingerprint density at radius 2 is 1.07 bits per heavy atom. The number of rotatable bonds is 39. The molecule has 1 rings (SSSR count). The van der Waals surface area contributed by atoms with Crippen LogP contribution >= 0.6 is 11.8 Å². The zero-order chi connectivity index (χ0) is 60.8. The second-order valence-electron chi connectivity index (χ2n) is 21.4. The number of carboxylic acids is 1. The zero-order valence-corrected chi connectivity index (χ0v) is 49.2. The molecule has 1 fully saturated rings. The van der Waals surface area contributed by atoms with Crippen LogP contribution in [-0.2, 0) is 47.9 Å². The van der Waals surface area contributed by atoms with Gasteiger partial charge in [0.05, 0.1) is 13.2 Å². The molecule has 458 valence electrons. The Bertz CT molecular complexity index is 2050. The van der Waals surface area contributed by atoms with Crippen LogP contribution in [-0.4, -0.2) is 191 Å². The molecule has 9 amide bonds. The van der Waals surface area contributed by atoms with Gasteiger partial charge in [0.2, 0.25) is 53.2 Å². The number of aliphatic imine (C=N–C) groups is 1. The zero-order valence-electron chi connectivity index (χ0n) is 48.3. The largest absolute Gasteiger partial charge is 0.480 e. The number of aliphatic hydroxyl groups is 2. The van der Waals surface area contributed by atoms with Crippen molar-refractivity contribution in [2.75, 3.05) is 44.9 Å². The van der Waals surface area contributed by atoms with E-state index in [1.165, 1.54) is 16.7 Å². The maximum atomic E-state index is 14.7. The maximum Gasteiger partial charge on any atom is 0.326 e. The molecule has 1 aliphatic rings. The van der Waals surface area contributed by atoms with Gasteiger partial charge in [-0.05, 0) is 106 Å².